The second-order valence-corrected chi connectivity index (χ2v) is 5.01. The van der Waals surface area contributed by atoms with E-state index in [4.69, 9.17) is 0 Å². The fourth-order valence-corrected chi connectivity index (χ4v) is 3.30. The van der Waals surface area contributed by atoms with Crippen LogP contribution < -0.4 is 0 Å². The Kier molecular flexibility index (Phi) is 2.77. The number of aliphatic hydroxyl groups is 6. The molecule has 8 atom stereocenters. The number of hydrogen-bond acceptors (Lipinski definition) is 6. The number of fused-ring (bicyclic) bond motifs is 2. The molecule has 0 radical (unpaired) electrons. The molecule has 2 rings (SSSR count). The Morgan fingerprint density at radius 3 is 2.06 bits per heavy atom. The van der Waals surface area contributed by atoms with Gasteiger partial charge in [0.15, 0.2) is 0 Å². The predicted octanol–water partition coefficient (Wildman–Crippen LogP) is -2.81. The maximum absolute atomic E-state index is 10.0. The van der Waals surface area contributed by atoms with Crippen molar-refractivity contribution in [3.63, 3.8) is 0 Å². The van der Waals surface area contributed by atoms with E-state index in [2.05, 4.69) is 0 Å². The van der Waals surface area contributed by atoms with Crippen LogP contribution in [0.1, 0.15) is 13.3 Å². The first-order chi connectivity index (χ1) is 7.34. The Bertz CT molecular complexity index is 276. The van der Waals surface area contributed by atoms with E-state index in [-0.39, 0.29) is 6.42 Å². The number of rotatable bonds is 1. The van der Waals surface area contributed by atoms with Crippen molar-refractivity contribution in [3.8, 4) is 0 Å². The molecule has 0 aromatic rings. The van der Waals surface area contributed by atoms with E-state index < -0.39 is 48.0 Å². The van der Waals surface area contributed by atoms with E-state index in [0.717, 1.165) is 0 Å². The molecule has 6 heteroatoms. The van der Waals surface area contributed by atoms with Crippen molar-refractivity contribution in [2.75, 3.05) is 0 Å². The summed E-state index contributed by atoms with van der Waals surface area (Å²) in [6.07, 6.45) is -7.67. The van der Waals surface area contributed by atoms with E-state index in [1.165, 1.54) is 6.92 Å². The second kappa shape index (κ2) is 3.63. The first-order valence-electron chi connectivity index (χ1n) is 5.42. The lowest BCUT2D eigenvalue weighted by atomic mass is 9.66. The zero-order valence-electron chi connectivity index (χ0n) is 8.93. The second-order valence-electron chi connectivity index (χ2n) is 5.01. The Balaban J connectivity index is 2.45. The lowest BCUT2D eigenvalue weighted by molar-refractivity contribution is -0.223. The lowest BCUT2D eigenvalue weighted by Crippen LogP contribution is -2.64. The minimum Gasteiger partial charge on any atom is -0.393 e. The maximum atomic E-state index is 10.0. The fourth-order valence-electron chi connectivity index (χ4n) is 3.30. The number of hydrogen-bond donors (Lipinski definition) is 6. The molecule has 7 unspecified atom stereocenters. The van der Waals surface area contributed by atoms with Crippen LogP contribution >= 0.6 is 0 Å². The van der Waals surface area contributed by atoms with Crippen LogP contribution in [0.5, 0.6) is 0 Å². The maximum Gasteiger partial charge on any atom is 0.107 e. The molecule has 2 aliphatic rings. The van der Waals surface area contributed by atoms with Gasteiger partial charge >= 0.3 is 0 Å². The van der Waals surface area contributed by atoms with E-state index in [1.54, 1.807) is 0 Å². The summed E-state index contributed by atoms with van der Waals surface area (Å²) >= 11 is 0. The van der Waals surface area contributed by atoms with E-state index in [1.807, 2.05) is 0 Å². The summed E-state index contributed by atoms with van der Waals surface area (Å²) in [7, 11) is 0. The van der Waals surface area contributed by atoms with E-state index in [9.17, 15) is 30.6 Å². The molecular weight excluding hydrogens is 216 g/mol. The SMILES string of the molecule is C[C@@H](O)C12CC(O)C(C(O)C(O)C1O)C2O. The summed E-state index contributed by atoms with van der Waals surface area (Å²) < 4.78 is 0. The van der Waals surface area contributed by atoms with Crippen molar-refractivity contribution >= 4 is 0 Å². The zero-order chi connectivity index (χ0) is 12.2. The third-order valence-corrected chi connectivity index (χ3v) is 4.32. The molecule has 0 spiro atoms. The molecule has 6 nitrogen and oxygen atoms in total. The van der Waals surface area contributed by atoms with Gasteiger partial charge in [0.05, 0.1) is 35.9 Å². The van der Waals surface area contributed by atoms with Crippen LogP contribution in [0.3, 0.4) is 0 Å². The average molecular weight is 234 g/mol. The molecule has 2 fully saturated rings. The van der Waals surface area contributed by atoms with Gasteiger partial charge in [-0.05, 0) is 13.3 Å². The van der Waals surface area contributed by atoms with Gasteiger partial charge in [0.2, 0.25) is 0 Å². The topological polar surface area (TPSA) is 121 Å². The summed E-state index contributed by atoms with van der Waals surface area (Å²) in [5.41, 5.74) is -1.36. The minimum absolute atomic E-state index is 0.0359. The predicted molar refractivity (Wildman–Crippen MR) is 52.3 cm³/mol. The minimum atomic E-state index is -1.46. The smallest absolute Gasteiger partial charge is 0.107 e. The summed E-state index contributed by atoms with van der Waals surface area (Å²) in [5.74, 6) is -0.923. The van der Waals surface area contributed by atoms with Crippen molar-refractivity contribution < 1.29 is 30.6 Å². The highest BCUT2D eigenvalue weighted by molar-refractivity contribution is 5.16. The molecule has 0 aromatic heterocycles. The highest BCUT2D eigenvalue weighted by atomic mass is 16.4. The molecule has 2 aliphatic carbocycles. The normalized spacial score (nSPS) is 58.7. The zero-order valence-corrected chi connectivity index (χ0v) is 8.93. The molecule has 0 heterocycles. The van der Waals surface area contributed by atoms with Gasteiger partial charge in [-0.1, -0.05) is 0 Å². The van der Waals surface area contributed by atoms with Crippen molar-refractivity contribution in [2.45, 2.75) is 50.0 Å². The van der Waals surface area contributed by atoms with Crippen molar-refractivity contribution in [3.05, 3.63) is 0 Å². The molecule has 0 aromatic carbocycles. The van der Waals surface area contributed by atoms with Gasteiger partial charge in [0, 0.05) is 5.92 Å². The van der Waals surface area contributed by atoms with Gasteiger partial charge in [-0.25, -0.2) is 0 Å². The Morgan fingerprint density at radius 2 is 1.56 bits per heavy atom. The van der Waals surface area contributed by atoms with Crippen LogP contribution in [0, 0.1) is 11.3 Å². The molecule has 2 bridgehead atoms. The molecule has 0 amide bonds. The van der Waals surface area contributed by atoms with Gasteiger partial charge in [-0.15, -0.1) is 0 Å². The monoisotopic (exact) mass is 234 g/mol. The van der Waals surface area contributed by atoms with Crippen LogP contribution in [0.4, 0.5) is 0 Å². The fraction of sp³-hybridized carbons (Fsp3) is 1.00. The van der Waals surface area contributed by atoms with Crippen LogP contribution in [-0.4, -0.2) is 67.3 Å². The first-order valence-corrected chi connectivity index (χ1v) is 5.42. The molecule has 94 valence electrons. The molecule has 16 heavy (non-hydrogen) atoms. The van der Waals surface area contributed by atoms with Crippen LogP contribution in [-0.2, 0) is 0 Å². The van der Waals surface area contributed by atoms with E-state index >= 15 is 0 Å². The van der Waals surface area contributed by atoms with Gasteiger partial charge in [-0.2, -0.15) is 0 Å². The van der Waals surface area contributed by atoms with Crippen molar-refractivity contribution in [1.29, 1.82) is 0 Å². The van der Waals surface area contributed by atoms with Gasteiger partial charge in [-0.3, -0.25) is 0 Å². The van der Waals surface area contributed by atoms with Gasteiger partial charge < -0.3 is 30.6 Å². The molecule has 6 N–H and O–H groups in total. The van der Waals surface area contributed by atoms with Crippen LogP contribution in [0.25, 0.3) is 0 Å². The Morgan fingerprint density at radius 1 is 1.00 bits per heavy atom. The lowest BCUT2D eigenvalue weighted by Gasteiger charge is -2.47. The third-order valence-electron chi connectivity index (χ3n) is 4.32. The van der Waals surface area contributed by atoms with Crippen molar-refractivity contribution in [2.24, 2.45) is 11.3 Å². The highest BCUT2D eigenvalue weighted by Crippen LogP contribution is 2.53. The summed E-state index contributed by atoms with van der Waals surface area (Å²) in [4.78, 5) is 0. The standard InChI is InChI=1S/C10H18O6/c1-3(11)10-2-4(12)5(8(10)15)6(13)7(14)9(10)16/h3-9,11-16H,2H2,1H3/t3-,4?,5?,6?,7?,8?,9?,10?/m1/s1. The average Bonchev–Trinajstić information content (AvgIpc) is 2.43. The number of aliphatic hydroxyl groups excluding tert-OH is 6. The first kappa shape index (κ1) is 12.2. The van der Waals surface area contributed by atoms with E-state index in [0.29, 0.717) is 0 Å². The van der Waals surface area contributed by atoms with Crippen LogP contribution in [0.2, 0.25) is 0 Å². The van der Waals surface area contributed by atoms with Gasteiger partial charge in [0.25, 0.3) is 0 Å². The summed E-state index contributed by atoms with van der Waals surface area (Å²) in [5, 5.41) is 58.6. The molecule has 0 saturated heterocycles. The quantitative estimate of drug-likeness (QED) is 0.291. The highest BCUT2D eigenvalue weighted by Gasteiger charge is 2.67. The van der Waals surface area contributed by atoms with Gasteiger partial charge in [0.1, 0.15) is 6.10 Å². The summed E-state index contributed by atoms with van der Waals surface area (Å²) in [6, 6.07) is 0. The largest absolute Gasteiger partial charge is 0.393 e. The molecule has 0 aliphatic heterocycles. The Hall–Kier alpha value is -0.240. The third kappa shape index (κ3) is 1.23. The molecular formula is C10H18O6. The summed E-state index contributed by atoms with van der Waals surface area (Å²) in [6.45, 7) is 1.39. The van der Waals surface area contributed by atoms with Crippen molar-refractivity contribution in [1.82, 2.24) is 0 Å². The van der Waals surface area contributed by atoms with Crippen LogP contribution in [0.15, 0.2) is 0 Å². The Labute approximate surface area is 92.8 Å². The molecule has 2 saturated carbocycles.